The highest BCUT2D eigenvalue weighted by Gasteiger charge is 2.38. The van der Waals surface area contributed by atoms with Crippen LogP contribution in [0.1, 0.15) is 44.4 Å². The third-order valence-electron chi connectivity index (χ3n) is 5.65. The van der Waals surface area contributed by atoms with Crippen molar-refractivity contribution in [3.05, 3.63) is 66.7 Å². The number of imidazole rings is 1. The molecule has 14 heteroatoms. The zero-order chi connectivity index (χ0) is 30.4. The van der Waals surface area contributed by atoms with Gasteiger partial charge in [-0.25, -0.2) is 22.9 Å². The quantitative estimate of drug-likeness (QED) is 0.301. The normalized spacial score (nSPS) is 12.1. The zero-order valence-electron chi connectivity index (χ0n) is 23.1. The van der Waals surface area contributed by atoms with Crippen molar-refractivity contribution in [1.82, 2.24) is 14.3 Å². The Kier molecular flexibility index (Phi) is 9.50. The Morgan fingerprint density at radius 3 is 2.32 bits per heavy atom. The van der Waals surface area contributed by atoms with Crippen LogP contribution in [0.25, 0.3) is 0 Å². The van der Waals surface area contributed by atoms with Crippen LogP contribution in [0.5, 0.6) is 5.75 Å². The van der Waals surface area contributed by atoms with Gasteiger partial charge in [0.15, 0.2) is 17.6 Å². The van der Waals surface area contributed by atoms with Crippen LogP contribution in [0.2, 0.25) is 0 Å². The Bertz CT molecular complexity index is 1550. The van der Waals surface area contributed by atoms with Gasteiger partial charge in [-0.05, 0) is 37.3 Å². The lowest BCUT2D eigenvalue weighted by atomic mass is 9.86. The molecular formula is C27H31N5O8S. The van der Waals surface area contributed by atoms with E-state index in [0.29, 0.717) is 5.69 Å². The Balaban J connectivity index is 2.00. The van der Waals surface area contributed by atoms with Gasteiger partial charge in [0.2, 0.25) is 0 Å². The molecule has 13 nitrogen and oxygen atoms in total. The van der Waals surface area contributed by atoms with Gasteiger partial charge in [-0.3, -0.25) is 14.4 Å². The minimum Gasteiger partial charge on any atom is -0.495 e. The van der Waals surface area contributed by atoms with Crippen molar-refractivity contribution in [3.63, 3.8) is 0 Å². The van der Waals surface area contributed by atoms with E-state index in [-0.39, 0.29) is 28.8 Å². The summed E-state index contributed by atoms with van der Waals surface area (Å²) in [6.45, 7) is 6.31. The van der Waals surface area contributed by atoms with E-state index in [1.165, 1.54) is 32.5 Å². The molecule has 2 aromatic carbocycles. The molecule has 0 spiro atoms. The van der Waals surface area contributed by atoms with Gasteiger partial charge in [0, 0.05) is 23.5 Å². The van der Waals surface area contributed by atoms with Gasteiger partial charge in [0.1, 0.15) is 5.75 Å². The second-order valence-electron chi connectivity index (χ2n) is 9.67. The molecule has 1 aromatic heterocycles. The maximum atomic E-state index is 13.7. The second kappa shape index (κ2) is 12.6. The zero-order valence-corrected chi connectivity index (χ0v) is 23.9. The van der Waals surface area contributed by atoms with Crippen molar-refractivity contribution >= 4 is 45.1 Å². The first kappa shape index (κ1) is 30.8. The Labute approximate surface area is 237 Å². The van der Waals surface area contributed by atoms with Crippen LogP contribution in [0.15, 0.2) is 65.8 Å². The van der Waals surface area contributed by atoms with Gasteiger partial charge in [0.05, 0.1) is 24.3 Å². The number of rotatable bonds is 10. The van der Waals surface area contributed by atoms with Crippen molar-refractivity contribution in [2.75, 3.05) is 24.4 Å². The lowest BCUT2D eigenvalue weighted by Crippen LogP contribution is -2.40. The van der Waals surface area contributed by atoms with Crippen molar-refractivity contribution in [2.24, 2.45) is 5.41 Å². The average Bonchev–Trinajstić information content (AvgIpc) is 3.38. The minimum absolute atomic E-state index is 0.0475. The molecule has 218 valence electrons. The number of benzene rings is 2. The largest absolute Gasteiger partial charge is 0.495 e. The van der Waals surface area contributed by atoms with Crippen molar-refractivity contribution in [3.8, 4) is 5.75 Å². The first-order valence-electron chi connectivity index (χ1n) is 12.4. The number of hydrogen-bond acceptors (Lipinski definition) is 9. The van der Waals surface area contributed by atoms with Gasteiger partial charge in [-0.1, -0.05) is 39.0 Å². The maximum Gasteiger partial charge on any atom is 0.421 e. The van der Waals surface area contributed by atoms with Crippen molar-refractivity contribution < 1.29 is 37.1 Å². The lowest BCUT2D eigenvalue weighted by Gasteiger charge is -2.26. The monoisotopic (exact) mass is 585 g/mol. The van der Waals surface area contributed by atoms with Crippen LogP contribution >= 0.6 is 0 Å². The highest BCUT2D eigenvalue weighted by Crippen LogP contribution is 2.31. The topological polar surface area (TPSA) is 175 Å². The second-order valence-corrected chi connectivity index (χ2v) is 11.4. The first-order chi connectivity index (χ1) is 19.3. The molecule has 3 N–H and O–H groups in total. The third kappa shape index (κ3) is 7.48. The summed E-state index contributed by atoms with van der Waals surface area (Å²) < 4.78 is 38.2. The van der Waals surface area contributed by atoms with Gasteiger partial charge < -0.3 is 24.7 Å². The van der Waals surface area contributed by atoms with E-state index in [1.807, 2.05) is 0 Å². The standard InChI is InChI=1S/C27H31N5O8S/c1-6-40-26(36)31-41(37,38)18-12-13-20(39-5)19(16-18)30-24(34)21(22(33)27(2,3)4)32-15-14-28-23(32)25(35)29-17-10-8-7-9-11-17/h7-16,21H,6H2,1-5H3,(H,29,35)(H,30,34)(H,31,36). The molecule has 0 aliphatic carbocycles. The smallest absolute Gasteiger partial charge is 0.421 e. The van der Waals surface area contributed by atoms with E-state index in [0.717, 1.165) is 16.7 Å². The molecule has 0 bridgehead atoms. The van der Waals surface area contributed by atoms with Crippen LogP contribution in [0.4, 0.5) is 16.2 Å². The SMILES string of the molecule is CCOC(=O)NS(=O)(=O)c1ccc(OC)c(NC(=O)C(C(=O)C(C)(C)C)n2ccnc2C(=O)Nc2ccccc2)c1. The van der Waals surface area contributed by atoms with E-state index >= 15 is 0 Å². The summed E-state index contributed by atoms with van der Waals surface area (Å²) in [5, 5.41) is 5.21. The first-order valence-corrected chi connectivity index (χ1v) is 13.9. The number of hydrogen-bond donors (Lipinski definition) is 3. The number of carbonyl (C=O) groups is 4. The van der Waals surface area contributed by atoms with E-state index in [4.69, 9.17) is 4.74 Å². The summed E-state index contributed by atoms with van der Waals surface area (Å²) >= 11 is 0. The van der Waals surface area contributed by atoms with Crippen molar-refractivity contribution in [1.29, 1.82) is 0 Å². The lowest BCUT2D eigenvalue weighted by molar-refractivity contribution is -0.135. The van der Waals surface area contributed by atoms with Crippen LogP contribution < -0.4 is 20.1 Å². The summed E-state index contributed by atoms with van der Waals surface area (Å²) in [5.41, 5.74) is -0.654. The Hall–Kier alpha value is -4.72. The van der Waals surface area contributed by atoms with Crippen molar-refractivity contribution in [2.45, 2.75) is 38.6 Å². The summed E-state index contributed by atoms with van der Waals surface area (Å²) in [4.78, 5) is 55.8. The summed E-state index contributed by atoms with van der Waals surface area (Å²) in [6, 6.07) is 10.5. The number of ether oxygens (including phenoxy) is 2. The number of ketones is 1. The fraction of sp³-hybridized carbons (Fsp3) is 0.296. The predicted molar refractivity (Wildman–Crippen MR) is 149 cm³/mol. The molecule has 0 radical (unpaired) electrons. The maximum absolute atomic E-state index is 13.7. The van der Waals surface area contributed by atoms with Gasteiger partial charge in [-0.15, -0.1) is 0 Å². The molecule has 3 amide bonds. The van der Waals surface area contributed by atoms with Crippen LogP contribution in [0.3, 0.4) is 0 Å². The number of para-hydroxylation sites is 1. The number of amides is 3. The molecule has 3 aromatic rings. The number of carbonyl (C=O) groups excluding carboxylic acids is 4. The summed E-state index contributed by atoms with van der Waals surface area (Å²) in [5.74, 6) is -2.22. The fourth-order valence-electron chi connectivity index (χ4n) is 3.67. The summed E-state index contributed by atoms with van der Waals surface area (Å²) in [6.07, 6.45) is 1.44. The van der Waals surface area contributed by atoms with Gasteiger partial charge in [-0.2, -0.15) is 0 Å². The Morgan fingerprint density at radius 1 is 1.02 bits per heavy atom. The molecule has 1 heterocycles. The molecule has 0 saturated carbocycles. The highest BCUT2D eigenvalue weighted by molar-refractivity contribution is 7.90. The molecular weight excluding hydrogens is 554 g/mol. The molecule has 0 saturated heterocycles. The van der Waals surface area contributed by atoms with Gasteiger partial charge in [0.25, 0.3) is 21.8 Å². The molecule has 0 fully saturated rings. The van der Waals surface area contributed by atoms with E-state index < -0.39 is 45.2 Å². The third-order valence-corrected chi connectivity index (χ3v) is 6.96. The average molecular weight is 586 g/mol. The van der Waals surface area contributed by atoms with Crippen LogP contribution in [-0.2, 0) is 24.3 Å². The number of sulfonamides is 1. The number of nitrogens with one attached hydrogen (secondary N) is 3. The van der Waals surface area contributed by atoms with E-state index in [9.17, 15) is 27.6 Å². The van der Waals surface area contributed by atoms with Crippen LogP contribution in [0, 0.1) is 5.41 Å². The minimum atomic E-state index is -4.38. The number of aromatic nitrogens is 2. The molecule has 0 aliphatic rings. The number of nitrogens with zero attached hydrogens (tertiary/aromatic N) is 2. The van der Waals surface area contributed by atoms with E-state index in [2.05, 4.69) is 20.4 Å². The number of anilines is 2. The molecule has 41 heavy (non-hydrogen) atoms. The molecule has 0 aliphatic heterocycles. The fourth-order valence-corrected chi connectivity index (χ4v) is 4.59. The van der Waals surface area contributed by atoms with Gasteiger partial charge >= 0.3 is 6.09 Å². The molecule has 1 unspecified atom stereocenters. The Morgan fingerprint density at radius 2 is 1.71 bits per heavy atom. The summed E-state index contributed by atoms with van der Waals surface area (Å²) in [7, 11) is -3.08. The van der Waals surface area contributed by atoms with Crippen LogP contribution in [-0.4, -0.2) is 55.4 Å². The highest BCUT2D eigenvalue weighted by atomic mass is 32.2. The molecule has 3 rings (SSSR count). The van der Waals surface area contributed by atoms with E-state index in [1.54, 1.807) is 55.8 Å². The number of Topliss-reactive ketones (excluding diaryl/α,β-unsaturated/α-hetero) is 1. The number of methoxy groups -OCH3 is 1. The predicted octanol–water partition coefficient (Wildman–Crippen LogP) is 3.37. The molecule has 1 atom stereocenters.